The van der Waals surface area contributed by atoms with Gasteiger partial charge in [-0.15, -0.1) is 11.3 Å². The number of hydrogen-bond acceptors (Lipinski definition) is 6. The molecule has 0 spiro atoms. The minimum absolute atomic E-state index is 0.0587. The number of aryl methyl sites for hydroxylation is 3. The number of aliphatic hydroxyl groups excluding tert-OH is 1. The van der Waals surface area contributed by atoms with Gasteiger partial charge in [-0.3, -0.25) is 14.5 Å². The van der Waals surface area contributed by atoms with Crippen molar-refractivity contribution in [3.05, 3.63) is 86.6 Å². The van der Waals surface area contributed by atoms with Crippen LogP contribution in [0, 0.1) is 20.8 Å². The normalized spacial score (nSPS) is 16.2. The summed E-state index contributed by atoms with van der Waals surface area (Å²) in [6.45, 7) is 5.50. The van der Waals surface area contributed by atoms with Crippen molar-refractivity contribution in [2.75, 3.05) is 12.0 Å². The molecule has 158 valence electrons. The predicted octanol–water partition coefficient (Wildman–Crippen LogP) is 4.86. The number of amides is 1. The molecule has 1 N–H and O–H groups in total. The monoisotopic (exact) mass is 434 g/mol. The van der Waals surface area contributed by atoms with Crippen molar-refractivity contribution in [1.29, 1.82) is 0 Å². The lowest BCUT2D eigenvalue weighted by Gasteiger charge is -2.27. The molecule has 2 aromatic carbocycles. The minimum atomic E-state index is -0.769. The summed E-state index contributed by atoms with van der Waals surface area (Å²) in [6, 6.07) is 13.8. The number of nitrogens with zero attached hydrogens (tertiary/aromatic N) is 2. The average molecular weight is 435 g/mol. The highest BCUT2D eigenvalue weighted by Crippen LogP contribution is 2.43. The van der Waals surface area contributed by atoms with Crippen molar-refractivity contribution < 1.29 is 19.4 Å². The van der Waals surface area contributed by atoms with E-state index in [1.54, 1.807) is 44.4 Å². The molecule has 0 radical (unpaired) electrons. The first kappa shape index (κ1) is 20.8. The molecule has 0 saturated carbocycles. The number of Topliss-reactive ketones (excluding diaryl/α,β-unsaturated/α-hetero) is 1. The second-order valence-electron chi connectivity index (χ2n) is 7.43. The van der Waals surface area contributed by atoms with Crippen molar-refractivity contribution in [2.45, 2.75) is 26.8 Å². The number of hydrogen-bond donors (Lipinski definition) is 1. The van der Waals surface area contributed by atoms with E-state index >= 15 is 0 Å². The Kier molecular flexibility index (Phi) is 5.37. The third-order valence-corrected chi connectivity index (χ3v) is 6.35. The summed E-state index contributed by atoms with van der Waals surface area (Å²) >= 11 is 1.26. The molecule has 0 aliphatic carbocycles. The first-order chi connectivity index (χ1) is 14.8. The smallest absolute Gasteiger partial charge is 0.294 e. The van der Waals surface area contributed by atoms with Gasteiger partial charge in [-0.05, 0) is 56.2 Å². The van der Waals surface area contributed by atoms with Gasteiger partial charge in [0, 0.05) is 5.69 Å². The largest absolute Gasteiger partial charge is 0.503 e. The zero-order valence-corrected chi connectivity index (χ0v) is 18.5. The zero-order chi connectivity index (χ0) is 22.3. The van der Waals surface area contributed by atoms with Crippen LogP contribution in [0.1, 0.15) is 37.5 Å². The number of carbonyl (C=O) groups is 2. The molecule has 1 atom stereocenters. The Balaban J connectivity index is 1.89. The summed E-state index contributed by atoms with van der Waals surface area (Å²) < 4.78 is 5.25. The van der Waals surface area contributed by atoms with Gasteiger partial charge in [0.1, 0.15) is 5.75 Å². The third-order valence-electron chi connectivity index (χ3n) is 5.27. The topological polar surface area (TPSA) is 79.7 Å². The van der Waals surface area contributed by atoms with Gasteiger partial charge < -0.3 is 9.84 Å². The molecule has 7 heteroatoms. The zero-order valence-electron chi connectivity index (χ0n) is 17.7. The van der Waals surface area contributed by atoms with E-state index in [0.717, 1.165) is 10.6 Å². The second kappa shape index (κ2) is 8.00. The Morgan fingerprint density at radius 3 is 2.42 bits per heavy atom. The Bertz CT molecular complexity index is 1210. The highest BCUT2D eigenvalue weighted by atomic mass is 32.1. The lowest BCUT2D eigenvalue weighted by Crippen LogP contribution is -2.31. The predicted molar refractivity (Wildman–Crippen MR) is 120 cm³/mol. The van der Waals surface area contributed by atoms with E-state index in [1.807, 2.05) is 32.0 Å². The van der Waals surface area contributed by atoms with E-state index in [0.29, 0.717) is 27.6 Å². The SMILES string of the molecule is COc1ccc(C2C(C(=O)c3sc(C)nc3C)=C(O)C(=O)N2c2cccc(C)c2)cc1. The fourth-order valence-electron chi connectivity index (χ4n) is 3.85. The molecule has 4 rings (SSSR count). The van der Waals surface area contributed by atoms with Gasteiger partial charge in [0.05, 0.1) is 34.3 Å². The molecule has 1 amide bonds. The standard InChI is InChI=1S/C24H22N2O4S/c1-13-6-5-7-17(12-13)26-20(16-8-10-18(30-4)11-9-16)19(22(28)24(26)29)21(27)23-14(2)25-15(3)31-23/h5-12,20,28H,1-4H3. The summed E-state index contributed by atoms with van der Waals surface area (Å²) in [6.07, 6.45) is 0. The summed E-state index contributed by atoms with van der Waals surface area (Å²) in [5, 5.41) is 11.6. The molecule has 6 nitrogen and oxygen atoms in total. The van der Waals surface area contributed by atoms with Crippen molar-refractivity contribution >= 4 is 28.7 Å². The Hall–Kier alpha value is -3.45. The lowest BCUT2D eigenvalue weighted by molar-refractivity contribution is -0.117. The number of ether oxygens (including phenoxy) is 1. The lowest BCUT2D eigenvalue weighted by atomic mass is 9.94. The number of thiazole rings is 1. The number of aromatic nitrogens is 1. The summed E-state index contributed by atoms with van der Waals surface area (Å²) in [5.41, 5.74) is 2.91. The van der Waals surface area contributed by atoms with Crippen LogP contribution in [-0.4, -0.2) is 28.9 Å². The maximum Gasteiger partial charge on any atom is 0.294 e. The fraction of sp³-hybridized carbons (Fsp3) is 0.208. The highest BCUT2D eigenvalue weighted by Gasteiger charge is 2.45. The van der Waals surface area contributed by atoms with Crippen molar-refractivity contribution in [3.63, 3.8) is 0 Å². The number of aliphatic hydroxyl groups is 1. The molecule has 2 heterocycles. The van der Waals surface area contributed by atoms with Crippen LogP contribution in [0.3, 0.4) is 0 Å². The molecular formula is C24H22N2O4S. The molecule has 3 aromatic rings. The van der Waals surface area contributed by atoms with Gasteiger partial charge in [0.15, 0.2) is 5.76 Å². The first-order valence-electron chi connectivity index (χ1n) is 9.78. The van der Waals surface area contributed by atoms with Gasteiger partial charge in [-0.1, -0.05) is 24.3 Å². The fourth-order valence-corrected chi connectivity index (χ4v) is 4.72. The van der Waals surface area contributed by atoms with Crippen LogP contribution >= 0.6 is 11.3 Å². The van der Waals surface area contributed by atoms with E-state index in [2.05, 4.69) is 4.98 Å². The van der Waals surface area contributed by atoms with Crippen LogP contribution < -0.4 is 9.64 Å². The average Bonchev–Trinajstić information content (AvgIpc) is 3.23. The molecule has 1 aliphatic rings. The number of ketones is 1. The van der Waals surface area contributed by atoms with Gasteiger partial charge in [-0.2, -0.15) is 0 Å². The van der Waals surface area contributed by atoms with Crippen LogP contribution in [0.25, 0.3) is 0 Å². The number of anilines is 1. The molecule has 1 aromatic heterocycles. The second-order valence-corrected chi connectivity index (χ2v) is 8.63. The quantitative estimate of drug-likeness (QED) is 0.580. The third kappa shape index (κ3) is 3.61. The molecule has 1 aliphatic heterocycles. The Morgan fingerprint density at radius 2 is 1.84 bits per heavy atom. The van der Waals surface area contributed by atoms with Crippen LogP contribution in [-0.2, 0) is 4.79 Å². The Labute approximate surface area is 184 Å². The van der Waals surface area contributed by atoms with E-state index in [1.165, 1.54) is 16.2 Å². The molecular weight excluding hydrogens is 412 g/mol. The molecule has 0 fully saturated rings. The first-order valence-corrected chi connectivity index (χ1v) is 10.6. The van der Waals surface area contributed by atoms with E-state index in [-0.39, 0.29) is 11.4 Å². The van der Waals surface area contributed by atoms with Gasteiger partial charge >= 0.3 is 0 Å². The number of methoxy groups -OCH3 is 1. The van der Waals surface area contributed by atoms with Gasteiger partial charge in [0.25, 0.3) is 5.91 Å². The summed E-state index contributed by atoms with van der Waals surface area (Å²) in [4.78, 5) is 33.0. The van der Waals surface area contributed by atoms with Crippen molar-refractivity contribution in [3.8, 4) is 5.75 Å². The number of benzene rings is 2. The number of rotatable bonds is 5. The summed E-state index contributed by atoms with van der Waals surface area (Å²) in [7, 11) is 1.57. The number of carbonyl (C=O) groups excluding carboxylic acids is 2. The van der Waals surface area contributed by atoms with E-state index in [4.69, 9.17) is 4.74 Å². The molecule has 1 unspecified atom stereocenters. The molecule has 31 heavy (non-hydrogen) atoms. The van der Waals surface area contributed by atoms with E-state index < -0.39 is 17.7 Å². The van der Waals surface area contributed by atoms with Crippen LogP contribution in [0.15, 0.2) is 59.9 Å². The maximum atomic E-state index is 13.5. The van der Waals surface area contributed by atoms with Crippen LogP contribution in [0.5, 0.6) is 5.75 Å². The Morgan fingerprint density at radius 1 is 1.13 bits per heavy atom. The van der Waals surface area contributed by atoms with Crippen LogP contribution in [0.2, 0.25) is 0 Å². The van der Waals surface area contributed by atoms with Crippen LogP contribution in [0.4, 0.5) is 5.69 Å². The minimum Gasteiger partial charge on any atom is -0.503 e. The van der Waals surface area contributed by atoms with E-state index in [9.17, 15) is 14.7 Å². The maximum absolute atomic E-state index is 13.5. The summed E-state index contributed by atoms with van der Waals surface area (Å²) in [5.74, 6) is -0.860. The van der Waals surface area contributed by atoms with Crippen molar-refractivity contribution in [2.24, 2.45) is 0 Å². The molecule has 0 saturated heterocycles. The van der Waals surface area contributed by atoms with Gasteiger partial charge in [-0.25, -0.2) is 4.98 Å². The van der Waals surface area contributed by atoms with Gasteiger partial charge in [0.2, 0.25) is 5.78 Å². The molecule has 0 bridgehead atoms. The highest BCUT2D eigenvalue weighted by molar-refractivity contribution is 7.14. The van der Waals surface area contributed by atoms with Crippen molar-refractivity contribution in [1.82, 2.24) is 4.98 Å².